The second kappa shape index (κ2) is 6.01. The van der Waals surface area contributed by atoms with Gasteiger partial charge in [-0.1, -0.05) is 11.8 Å². The van der Waals surface area contributed by atoms with Gasteiger partial charge in [0.2, 0.25) is 0 Å². The zero-order valence-corrected chi connectivity index (χ0v) is 11.2. The molecule has 1 aliphatic rings. The lowest BCUT2D eigenvalue weighted by Gasteiger charge is -2.11. The van der Waals surface area contributed by atoms with Crippen LogP contribution in [0, 0.1) is 11.8 Å². The Kier molecular flexibility index (Phi) is 4.37. The molecule has 0 saturated carbocycles. The fourth-order valence-corrected chi connectivity index (χ4v) is 2.76. The predicted octanol–water partition coefficient (Wildman–Crippen LogP) is 0.492. The molecule has 0 bridgehead atoms. The number of thiophene rings is 1. The van der Waals surface area contributed by atoms with Crippen LogP contribution >= 0.6 is 11.3 Å². The highest BCUT2D eigenvalue weighted by molar-refractivity contribution is 7.14. The molecule has 1 fully saturated rings. The average molecular weight is 263 g/mol. The second-order valence-corrected chi connectivity index (χ2v) is 5.47. The van der Waals surface area contributed by atoms with Gasteiger partial charge in [0.05, 0.1) is 16.3 Å². The molecule has 1 aromatic rings. The summed E-state index contributed by atoms with van der Waals surface area (Å²) in [5.74, 6) is 5.72. The van der Waals surface area contributed by atoms with Crippen molar-refractivity contribution < 1.29 is 4.79 Å². The smallest absolute Gasteiger partial charge is 0.261 e. The Bertz CT molecular complexity index is 486. The molecule has 18 heavy (non-hydrogen) atoms. The standard InChI is InChI=1S/C13H17N3OS/c1-16-8-6-10(9-16)15-13(17)12-5-4-11(18-12)3-2-7-14/h4-5,10H,6-9,14H2,1H3,(H,15,17). The van der Waals surface area contributed by atoms with Crippen molar-refractivity contribution in [2.24, 2.45) is 5.73 Å². The van der Waals surface area contributed by atoms with Crippen molar-refractivity contribution in [3.63, 3.8) is 0 Å². The fourth-order valence-electron chi connectivity index (χ4n) is 1.97. The molecule has 1 aromatic heterocycles. The fraction of sp³-hybridized carbons (Fsp3) is 0.462. The van der Waals surface area contributed by atoms with Crippen molar-refractivity contribution in [2.45, 2.75) is 12.5 Å². The maximum Gasteiger partial charge on any atom is 0.261 e. The van der Waals surface area contributed by atoms with Crippen LogP contribution in [0.1, 0.15) is 21.0 Å². The van der Waals surface area contributed by atoms with Crippen molar-refractivity contribution in [3.8, 4) is 11.8 Å². The molecular formula is C13H17N3OS. The van der Waals surface area contributed by atoms with Crippen molar-refractivity contribution >= 4 is 17.2 Å². The first-order valence-corrected chi connectivity index (χ1v) is 6.79. The number of nitrogens with zero attached hydrogens (tertiary/aromatic N) is 1. The summed E-state index contributed by atoms with van der Waals surface area (Å²) in [5, 5.41) is 3.05. The van der Waals surface area contributed by atoms with Gasteiger partial charge in [0.1, 0.15) is 0 Å². The molecular weight excluding hydrogens is 246 g/mol. The minimum atomic E-state index is 0.00102. The second-order valence-electron chi connectivity index (χ2n) is 4.39. The monoisotopic (exact) mass is 263 g/mol. The van der Waals surface area contributed by atoms with Crippen LogP contribution in [0.3, 0.4) is 0 Å². The molecule has 2 heterocycles. The molecule has 0 aliphatic carbocycles. The van der Waals surface area contributed by atoms with E-state index in [0.717, 1.165) is 24.4 Å². The van der Waals surface area contributed by atoms with Gasteiger partial charge in [-0.3, -0.25) is 4.79 Å². The summed E-state index contributed by atoms with van der Waals surface area (Å²) in [5.41, 5.74) is 5.31. The van der Waals surface area contributed by atoms with Crippen LogP contribution in [0.15, 0.2) is 12.1 Å². The van der Waals surface area contributed by atoms with E-state index in [-0.39, 0.29) is 11.9 Å². The number of hydrogen-bond donors (Lipinski definition) is 2. The molecule has 0 aromatic carbocycles. The summed E-state index contributed by atoms with van der Waals surface area (Å²) in [4.78, 5) is 15.8. The van der Waals surface area contributed by atoms with Crippen LogP contribution < -0.4 is 11.1 Å². The quantitative estimate of drug-likeness (QED) is 0.764. The summed E-state index contributed by atoms with van der Waals surface area (Å²) >= 11 is 1.41. The van der Waals surface area contributed by atoms with Crippen molar-refractivity contribution in [1.82, 2.24) is 10.2 Å². The van der Waals surface area contributed by atoms with E-state index in [1.165, 1.54) is 11.3 Å². The molecule has 0 radical (unpaired) electrons. The molecule has 1 saturated heterocycles. The Morgan fingerprint density at radius 1 is 1.67 bits per heavy atom. The number of carbonyl (C=O) groups is 1. The number of likely N-dealkylation sites (N-methyl/N-ethyl adjacent to an activating group) is 1. The number of nitrogens with one attached hydrogen (secondary N) is 1. The SMILES string of the molecule is CN1CCC(NC(=O)c2ccc(C#CCN)s2)C1. The van der Waals surface area contributed by atoms with E-state index >= 15 is 0 Å². The molecule has 2 rings (SSSR count). The number of amides is 1. The summed E-state index contributed by atoms with van der Waals surface area (Å²) in [6.45, 7) is 2.31. The normalized spacial score (nSPS) is 19.3. The lowest BCUT2D eigenvalue weighted by molar-refractivity contribution is 0.0942. The van der Waals surface area contributed by atoms with Gasteiger partial charge in [0.15, 0.2) is 0 Å². The van der Waals surface area contributed by atoms with Gasteiger partial charge >= 0.3 is 0 Å². The van der Waals surface area contributed by atoms with Crippen molar-refractivity contribution in [2.75, 3.05) is 26.7 Å². The molecule has 4 nitrogen and oxygen atoms in total. The van der Waals surface area contributed by atoms with Crippen LogP contribution in [0.25, 0.3) is 0 Å². The van der Waals surface area contributed by atoms with Gasteiger partial charge in [-0.05, 0) is 32.1 Å². The molecule has 1 aliphatic heterocycles. The largest absolute Gasteiger partial charge is 0.347 e. The topological polar surface area (TPSA) is 58.4 Å². The Balaban J connectivity index is 1.94. The first-order chi connectivity index (χ1) is 8.69. The van der Waals surface area contributed by atoms with Crippen LogP contribution in [0.5, 0.6) is 0 Å². The van der Waals surface area contributed by atoms with E-state index in [0.29, 0.717) is 11.4 Å². The Morgan fingerprint density at radius 3 is 3.17 bits per heavy atom. The van der Waals surface area contributed by atoms with E-state index in [1.54, 1.807) is 0 Å². The number of nitrogens with two attached hydrogens (primary N) is 1. The molecule has 5 heteroatoms. The first-order valence-electron chi connectivity index (χ1n) is 5.97. The van der Waals surface area contributed by atoms with Crippen molar-refractivity contribution in [3.05, 3.63) is 21.9 Å². The van der Waals surface area contributed by atoms with Gasteiger partial charge in [0.25, 0.3) is 5.91 Å². The maximum atomic E-state index is 12.0. The predicted molar refractivity (Wildman–Crippen MR) is 73.6 cm³/mol. The molecule has 1 atom stereocenters. The van der Waals surface area contributed by atoms with E-state index in [1.807, 2.05) is 12.1 Å². The lowest BCUT2D eigenvalue weighted by atomic mass is 10.2. The van der Waals surface area contributed by atoms with Crippen LogP contribution in [-0.2, 0) is 0 Å². The van der Waals surface area contributed by atoms with Crippen LogP contribution in [0.4, 0.5) is 0 Å². The number of hydrogen-bond acceptors (Lipinski definition) is 4. The summed E-state index contributed by atoms with van der Waals surface area (Å²) in [7, 11) is 2.07. The maximum absolute atomic E-state index is 12.0. The highest BCUT2D eigenvalue weighted by Gasteiger charge is 2.21. The van der Waals surface area contributed by atoms with Gasteiger partial charge < -0.3 is 16.0 Å². The third-order valence-electron chi connectivity index (χ3n) is 2.87. The summed E-state index contributed by atoms with van der Waals surface area (Å²) in [6, 6.07) is 3.95. The lowest BCUT2D eigenvalue weighted by Crippen LogP contribution is -2.36. The molecule has 96 valence electrons. The minimum absolute atomic E-state index is 0.00102. The third kappa shape index (κ3) is 3.33. The number of likely N-dealkylation sites (tertiary alicyclic amines) is 1. The van der Waals surface area contributed by atoms with E-state index in [4.69, 9.17) is 5.73 Å². The molecule has 0 spiro atoms. The van der Waals surface area contributed by atoms with Gasteiger partial charge in [-0.2, -0.15) is 0 Å². The number of rotatable bonds is 2. The Labute approximate surface area is 111 Å². The zero-order valence-electron chi connectivity index (χ0n) is 10.4. The Hall–Kier alpha value is -1.35. The Morgan fingerprint density at radius 2 is 2.50 bits per heavy atom. The highest BCUT2D eigenvalue weighted by Crippen LogP contribution is 2.16. The molecule has 1 amide bonds. The summed E-state index contributed by atoms with van der Waals surface area (Å²) < 4.78 is 0. The zero-order chi connectivity index (χ0) is 13.0. The first kappa shape index (κ1) is 13.1. The van der Waals surface area contributed by atoms with Gasteiger partial charge in [-0.15, -0.1) is 11.3 Å². The van der Waals surface area contributed by atoms with Gasteiger partial charge in [-0.25, -0.2) is 0 Å². The summed E-state index contributed by atoms with van der Waals surface area (Å²) in [6.07, 6.45) is 1.02. The van der Waals surface area contributed by atoms with Crippen LogP contribution in [0.2, 0.25) is 0 Å². The minimum Gasteiger partial charge on any atom is -0.347 e. The van der Waals surface area contributed by atoms with E-state index in [2.05, 4.69) is 29.1 Å². The number of carbonyl (C=O) groups excluding carboxylic acids is 1. The van der Waals surface area contributed by atoms with E-state index in [9.17, 15) is 4.79 Å². The highest BCUT2D eigenvalue weighted by atomic mass is 32.1. The van der Waals surface area contributed by atoms with Gasteiger partial charge in [0, 0.05) is 12.6 Å². The molecule has 3 N–H and O–H groups in total. The molecule has 1 unspecified atom stereocenters. The van der Waals surface area contributed by atoms with Crippen molar-refractivity contribution in [1.29, 1.82) is 0 Å². The third-order valence-corrected chi connectivity index (χ3v) is 3.87. The van der Waals surface area contributed by atoms with Crippen LogP contribution in [-0.4, -0.2) is 43.5 Å². The average Bonchev–Trinajstić information content (AvgIpc) is 2.96. The van der Waals surface area contributed by atoms with E-state index < -0.39 is 0 Å².